The molecular weight excluding hydrogens is 416 g/mol. The van der Waals surface area contributed by atoms with E-state index in [1.807, 2.05) is 54.7 Å². The van der Waals surface area contributed by atoms with E-state index < -0.39 is 0 Å². The van der Waals surface area contributed by atoms with Crippen LogP contribution in [0.2, 0.25) is 0 Å². The molecule has 1 amide bonds. The predicted molar refractivity (Wildman–Crippen MR) is 125 cm³/mol. The lowest BCUT2D eigenvalue weighted by atomic mass is 9.90. The van der Waals surface area contributed by atoms with Crippen molar-refractivity contribution in [1.82, 2.24) is 30.5 Å². The van der Waals surface area contributed by atoms with Gasteiger partial charge in [0.1, 0.15) is 12.1 Å². The van der Waals surface area contributed by atoms with Gasteiger partial charge >= 0.3 is 0 Å². The summed E-state index contributed by atoms with van der Waals surface area (Å²) in [6.45, 7) is 0.446. The maximum atomic E-state index is 12.9. The van der Waals surface area contributed by atoms with Gasteiger partial charge in [-0.25, -0.2) is 4.68 Å². The predicted octanol–water partition coefficient (Wildman–Crippen LogP) is 3.71. The first-order chi connectivity index (χ1) is 16.2. The van der Waals surface area contributed by atoms with Gasteiger partial charge in [0.15, 0.2) is 0 Å². The minimum Gasteiger partial charge on any atom is -0.497 e. The van der Waals surface area contributed by atoms with Crippen LogP contribution in [0, 0.1) is 0 Å². The van der Waals surface area contributed by atoms with E-state index in [0.717, 1.165) is 33.5 Å². The zero-order valence-corrected chi connectivity index (χ0v) is 18.0. The Balaban J connectivity index is 1.39. The average molecular weight is 438 g/mol. The molecule has 8 heteroatoms. The van der Waals surface area contributed by atoms with Crippen LogP contribution in [0.25, 0.3) is 16.6 Å². The number of hydrogen-bond donors (Lipinski definition) is 2. The van der Waals surface area contributed by atoms with E-state index in [2.05, 4.69) is 38.0 Å². The summed E-state index contributed by atoms with van der Waals surface area (Å²) in [5.41, 5.74) is 4.64. The molecule has 0 aliphatic heterocycles. The van der Waals surface area contributed by atoms with E-state index in [-0.39, 0.29) is 11.8 Å². The molecule has 1 atom stereocenters. The lowest BCUT2D eigenvalue weighted by Crippen LogP contribution is -2.28. The molecule has 0 bridgehead atoms. The summed E-state index contributed by atoms with van der Waals surface area (Å²) < 4.78 is 6.85. The Morgan fingerprint density at radius 2 is 1.85 bits per heavy atom. The number of tetrazole rings is 1. The first kappa shape index (κ1) is 20.4. The monoisotopic (exact) mass is 438 g/mol. The second-order valence-corrected chi connectivity index (χ2v) is 7.63. The number of ether oxygens (including phenoxy) is 1. The van der Waals surface area contributed by atoms with Crippen molar-refractivity contribution in [2.24, 2.45) is 0 Å². The van der Waals surface area contributed by atoms with Crippen LogP contribution in [0.3, 0.4) is 0 Å². The molecule has 0 aliphatic rings. The average Bonchev–Trinajstić information content (AvgIpc) is 3.55. The highest BCUT2D eigenvalue weighted by Gasteiger charge is 2.20. The summed E-state index contributed by atoms with van der Waals surface area (Å²) in [5.74, 6) is 0.622. The number of H-pyrrole nitrogens is 1. The molecule has 0 radical (unpaired) electrons. The molecule has 0 saturated carbocycles. The maximum absolute atomic E-state index is 12.9. The van der Waals surface area contributed by atoms with Crippen molar-refractivity contribution < 1.29 is 9.53 Å². The van der Waals surface area contributed by atoms with Crippen LogP contribution in [-0.2, 0) is 0 Å². The van der Waals surface area contributed by atoms with Crippen molar-refractivity contribution in [2.75, 3.05) is 13.7 Å². The third-order valence-electron chi connectivity index (χ3n) is 5.72. The molecule has 5 aromatic rings. The topological polar surface area (TPSA) is 97.7 Å². The summed E-state index contributed by atoms with van der Waals surface area (Å²) in [7, 11) is 1.65. The fraction of sp³-hybridized carbons (Fsp3) is 0.120. The van der Waals surface area contributed by atoms with Gasteiger partial charge in [0.05, 0.1) is 12.8 Å². The van der Waals surface area contributed by atoms with E-state index in [1.165, 1.54) is 6.33 Å². The van der Waals surface area contributed by atoms with E-state index in [1.54, 1.807) is 23.9 Å². The quantitative estimate of drug-likeness (QED) is 0.404. The second-order valence-electron chi connectivity index (χ2n) is 7.63. The van der Waals surface area contributed by atoms with E-state index in [0.29, 0.717) is 12.1 Å². The van der Waals surface area contributed by atoms with Crippen LogP contribution in [0.15, 0.2) is 85.3 Å². The number of amides is 1. The Bertz CT molecular complexity index is 1360. The number of methoxy groups -OCH3 is 1. The van der Waals surface area contributed by atoms with Gasteiger partial charge in [-0.2, -0.15) is 0 Å². The van der Waals surface area contributed by atoms with Crippen LogP contribution in [0.4, 0.5) is 0 Å². The van der Waals surface area contributed by atoms with Crippen molar-refractivity contribution in [3.63, 3.8) is 0 Å². The molecule has 2 heterocycles. The van der Waals surface area contributed by atoms with Crippen molar-refractivity contribution in [2.45, 2.75) is 5.92 Å². The number of fused-ring (bicyclic) bond motifs is 1. The fourth-order valence-electron chi connectivity index (χ4n) is 3.97. The van der Waals surface area contributed by atoms with Crippen LogP contribution >= 0.6 is 0 Å². The molecule has 8 nitrogen and oxygen atoms in total. The van der Waals surface area contributed by atoms with E-state index >= 15 is 0 Å². The van der Waals surface area contributed by atoms with Crippen LogP contribution in [0.1, 0.15) is 27.4 Å². The highest BCUT2D eigenvalue weighted by Crippen LogP contribution is 2.31. The molecule has 0 aliphatic carbocycles. The van der Waals surface area contributed by atoms with Crippen molar-refractivity contribution >= 4 is 16.8 Å². The molecule has 0 saturated heterocycles. The lowest BCUT2D eigenvalue weighted by molar-refractivity contribution is 0.0952. The standard InChI is InChI=1S/C25H22N6O2/c1-33-20-12-8-17(9-13-20)22(23-15-26-24-5-3-2-4-21(23)24)14-27-25(32)18-6-10-19(11-7-18)31-16-28-29-30-31/h2-13,15-16,22,26H,14H2,1H3,(H,27,32). The number of nitrogens with one attached hydrogen (secondary N) is 2. The number of aromatic nitrogens is 5. The van der Waals surface area contributed by atoms with Crippen molar-refractivity contribution in [3.8, 4) is 11.4 Å². The molecule has 5 rings (SSSR count). The number of benzene rings is 3. The number of para-hydroxylation sites is 1. The molecule has 2 aromatic heterocycles. The summed E-state index contributed by atoms with van der Waals surface area (Å²) >= 11 is 0. The van der Waals surface area contributed by atoms with E-state index in [4.69, 9.17) is 4.74 Å². The van der Waals surface area contributed by atoms with Gasteiger partial charge in [-0.15, -0.1) is 5.10 Å². The summed E-state index contributed by atoms with van der Waals surface area (Å²) in [6, 6.07) is 23.3. The SMILES string of the molecule is COc1ccc(C(CNC(=O)c2ccc(-n3cnnn3)cc2)c2c[nH]c3ccccc23)cc1. The highest BCUT2D eigenvalue weighted by molar-refractivity contribution is 5.94. The number of hydrogen-bond acceptors (Lipinski definition) is 5. The van der Waals surface area contributed by atoms with Crippen LogP contribution < -0.4 is 10.1 Å². The fourth-order valence-corrected chi connectivity index (χ4v) is 3.97. The Kier molecular flexibility index (Phi) is 5.55. The zero-order chi connectivity index (χ0) is 22.6. The van der Waals surface area contributed by atoms with Crippen molar-refractivity contribution in [1.29, 1.82) is 0 Å². The minimum atomic E-state index is -0.142. The van der Waals surface area contributed by atoms with Gasteiger partial charge in [-0.3, -0.25) is 4.79 Å². The summed E-state index contributed by atoms with van der Waals surface area (Å²) in [5, 5.41) is 15.4. The third kappa shape index (κ3) is 4.18. The molecule has 33 heavy (non-hydrogen) atoms. The molecule has 2 N–H and O–H groups in total. The van der Waals surface area contributed by atoms with Gasteiger partial charge in [-0.05, 0) is 64.0 Å². The highest BCUT2D eigenvalue weighted by atomic mass is 16.5. The van der Waals surface area contributed by atoms with Crippen LogP contribution in [0.5, 0.6) is 5.75 Å². The smallest absolute Gasteiger partial charge is 0.251 e. The van der Waals surface area contributed by atoms with Crippen molar-refractivity contribution in [3.05, 3.63) is 102 Å². The number of carbonyl (C=O) groups excluding carboxylic acids is 1. The Labute approximate surface area is 190 Å². The summed E-state index contributed by atoms with van der Waals surface area (Å²) in [4.78, 5) is 16.3. The minimum absolute atomic E-state index is 0.0310. The van der Waals surface area contributed by atoms with Gasteiger partial charge in [0, 0.05) is 35.1 Å². The molecule has 0 spiro atoms. The molecule has 3 aromatic carbocycles. The van der Waals surface area contributed by atoms with Gasteiger partial charge in [0.25, 0.3) is 5.91 Å². The number of carbonyl (C=O) groups is 1. The second kappa shape index (κ2) is 8.96. The molecule has 0 fully saturated rings. The van der Waals surface area contributed by atoms with E-state index in [9.17, 15) is 4.79 Å². The molecule has 164 valence electrons. The number of nitrogens with zero attached hydrogens (tertiary/aromatic N) is 4. The van der Waals surface area contributed by atoms with Gasteiger partial charge < -0.3 is 15.0 Å². The number of rotatable bonds is 7. The third-order valence-corrected chi connectivity index (χ3v) is 5.72. The zero-order valence-electron chi connectivity index (χ0n) is 18.0. The Hall–Kier alpha value is -4.46. The van der Waals surface area contributed by atoms with Gasteiger partial charge in [-0.1, -0.05) is 30.3 Å². The van der Waals surface area contributed by atoms with Crippen LogP contribution in [-0.4, -0.2) is 44.8 Å². The van der Waals surface area contributed by atoms with Gasteiger partial charge in [0.2, 0.25) is 0 Å². The Morgan fingerprint density at radius 3 is 2.58 bits per heavy atom. The molecular formula is C25H22N6O2. The Morgan fingerprint density at radius 1 is 1.06 bits per heavy atom. The maximum Gasteiger partial charge on any atom is 0.251 e. The normalized spacial score (nSPS) is 11.9. The lowest BCUT2D eigenvalue weighted by Gasteiger charge is -2.19. The first-order valence-electron chi connectivity index (χ1n) is 10.5. The largest absolute Gasteiger partial charge is 0.497 e. The summed E-state index contributed by atoms with van der Waals surface area (Å²) in [6.07, 6.45) is 3.53. The molecule has 1 unspecified atom stereocenters. The number of aromatic amines is 1. The first-order valence-corrected chi connectivity index (χ1v) is 10.5.